The molecule has 4 heteroatoms. The van der Waals surface area contributed by atoms with Crippen molar-refractivity contribution in [1.29, 1.82) is 0 Å². The standard InChI is InChI=1S/C13H21N3S/c1-12(2)10(13(12,3)4)11-16-15-9(17-11)7-14-8-5-6-8/h8,10,14H,5-7H2,1-4H3. The maximum atomic E-state index is 4.40. The summed E-state index contributed by atoms with van der Waals surface area (Å²) in [5.41, 5.74) is 0.738. The Morgan fingerprint density at radius 3 is 2.35 bits per heavy atom. The Hall–Kier alpha value is -0.480. The highest BCUT2D eigenvalue weighted by atomic mass is 32.1. The molecule has 0 aromatic carbocycles. The Bertz CT molecular complexity index is 418. The first kappa shape index (κ1) is 11.6. The van der Waals surface area contributed by atoms with Crippen molar-refractivity contribution in [3.8, 4) is 0 Å². The second-order valence-corrected chi connectivity index (χ2v) is 7.66. The van der Waals surface area contributed by atoms with E-state index in [-0.39, 0.29) is 0 Å². The number of hydrogen-bond acceptors (Lipinski definition) is 4. The largest absolute Gasteiger partial charge is 0.308 e. The van der Waals surface area contributed by atoms with Crippen molar-refractivity contribution in [3.63, 3.8) is 0 Å². The van der Waals surface area contributed by atoms with Crippen molar-refractivity contribution >= 4 is 11.3 Å². The lowest BCUT2D eigenvalue weighted by Gasteiger charge is -2.03. The molecule has 94 valence electrons. The first-order valence-electron chi connectivity index (χ1n) is 6.48. The van der Waals surface area contributed by atoms with Gasteiger partial charge < -0.3 is 5.32 Å². The first-order valence-corrected chi connectivity index (χ1v) is 7.30. The lowest BCUT2D eigenvalue weighted by Crippen LogP contribution is -2.14. The van der Waals surface area contributed by atoms with Gasteiger partial charge in [0.05, 0.1) is 0 Å². The number of aromatic nitrogens is 2. The summed E-state index contributed by atoms with van der Waals surface area (Å²) in [6, 6.07) is 0.746. The second kappa shape index (κ2) is 3.51. The number of rotatable bonds is 4. The highest BCUT2D eigenvalue weighted by molar-refractivity contribution is 7.11. The van der Waals surface area contributed by atoms with E-state index >= 15 is 0 Å². The van der Waals surface area contributed by atoms with Crippen LogP contribution in [0.25, 0.3) is 0 Å². The fourth-order valence-corrected chi connectivity index (χ4v) is 4.05. The van der Waals surface area contributed by atoms with Crippen molar-refractivity contribution in [2.75, 3.05) is 0 Å². The number of nitrogens with zero attached hydrogens (tertiary/aromatic N) is 2. The summed E-state index contributed by atoms with van der Waals surface area (Å²) in [5, 5.41) is 14.6. The topological polar surface area (TPSA) is 37.8 Å². The highest BCUT2D eigenvalue weighted by Gasteiger charge is 2.66. The zero-order chi connectivity index (χ0) is 12.3. The van der Waals surface area contributed by atoms with Gasteiger partial charge in [0.2, 0.25) is 0 Å². The lowest BCUT2D eigenvalue weighted by molar-refractivity contribution is 0.457. The maximum Gasteiger partial charge on any atom is 0.131 e. The van der Waals surface area contributed by atoms with Gasteiger partial charge in [-0.05, 0) is 23.7 Å². The monoisotopic (exact) mass is 251 g/mol. The molecule has 1 N–H and O–H groups in total. The number of hydrogen-bond donors (Lipinski definition) is 1. The minimum atomic E-state index is 0.369. The fourth-order valence-electron chi connectivity index (χ4n) is 2.79. The smallest absolute Gasteiger partial charge is 0.131 e. The van der Waals surface area contributed by atoms with Crippen LogP contribution < -0.4 is 5.32 Å². The SMILES string of the molecule is CC1(C)C(c2nnc(CNC3CC3)s2)C1(C)C. The lowest BCUT2D eigenvalue weighted by atomic mass is 10.0. The van der Waals surface area contributed by atoms with Crippen LogP contribution in [0.15, 0.2) is 0 Å². The molecular formula is C13H21N3S. The Balaban J connectivity index is 1.68. The summed E-state index contributed by atoms with van der Waals surface area (Å²) in [4.78, 5) is 0. The van der Waals surface area contributed by atoms with Crippen molar-refractivity contribution in [2.24, 2.45) is 10.8 Å². The zero-order valence-corrected chi connectivity index (χ0v) is 11.9. The maximum absolute atomic E-state index is 4.40. The first-order chi connectivity index (χ1) is 7.93. The second-order valence-electron chi connectivity index (χ2n) is 6.57. The van der Waals surface area contributed by atoms with E-state index in [0.717, 1.165) is 17.6 Å². The van der Waals surface area contributed by atoms with Gasteiger partial charge in [0.15, 0.2) is 0 Å². The highest BCUT2D eigenvalue weighted by Crippen LogP contribution is 2.73. The van der Waals surface area contributed by atoms with Crippen LogP contribution in [0.5, 0.6) is 0 Å². The average Bonchev–Trinajstić information content (AvgIpc) is 3.05. The van der Waals surface area contributed by atoms with Crippen molar-refractivity contribution in [3.05, 3.63) is 10.0 Å². The van der Waals surface area contributed by atoms with Crippen molar-refractivity contribution in [1.82, 2.24) is 15.5 Å². The van der Waals surface area contributed by atoms with E-state index in [1.54, 1.807) is 11.3 Å². The third-order valence-corrected chi connectivity index (χ3v) is 5.86. The van der Waals surface area contributed by atoms with E-state index < -0.39 is 0 Å². The molecule has 1 aromatic rings. The summed E-state index contributed by atoms with van der Waals surface area (Å²) in [6.07, 6.45) is 2.66. The third-order valence-electron chi connectivity index (χ3n) is 4.87. The molecule has 1 heterocycles. The molecule has 0 bridgehead atoms. The van der Waals surface area contributed by atoms with Crippen LogP contribution in [0, 0.1) is 10.8 Å². The van der Waals surface area contributed by atoms with Crippen LogP contribution >= 0.6 is 11.3 Å². The molecular weight excluding hydrogens is 230 g/mol. The molecule has 0 unspecified atom stereocenters. The van der Waals surface area contributed by atoms with Crippen LogP contribution in [-0.4, -0.2) is 16.2 Å². The normalized spacial score (nSPS) is 26.1. The molecule has 17 heavy (non-hydrogen) atoms. The van der Waals surface area contributed by atoms with Crippen LogP contribution in [-0.2, 0) is 6.54 Å². The predicted molar refractivity (Wildman–Crippen MR) is 70.1 cm³/mol. The van der Waals surface area contributed by atoms with Gasteiger partial charge in [-0.15, -0.1) is 10.2 Å². The van der Waals surface area contributed by atoms with E-state index in [2.05, 4.69) is 43.2 Å². The van der Waals surface area contributed by atoms with Gasteiger partial charge in [-0.25, -0.2) is 0 Å². The van der Waals surface area contributed by atoms with Crippen LogP contribution in [0.3, 0.4) is 0 Å². The molecule has 2 aliphatic rings. The van der Waals surface area contributed by atoms with E-state index in [4.69, 9.17) is 0 Å². The van der Waals surface area contributed by atoms with Gasteiger partial charge in [0.1, 0.15) is 10.0 Å². The van der Waals surface area contributed by atoms with Crippen LogP contribution in [0.1, 0.15) is 56.5 Å². The summed E-state index contributed by atoms with van der Waals surface area (Å²) in [5.74, 6) is 0.585. The van der Waals surface area contributed by atoms with Crippen molar-refractivity contribution in [2.45, 2.75) is 59.0 Å². The predicted octanol–water partition coefficient (Wildman–Crippen LogP) is 2.94. The van der Waals surface area contributed by atoms with E-state index in [1.165, 1.54) is 17.8 Å². The van der Waals surface area contributed by atoms with Gasteiger partial charge in [0.25, 0.3) is 0 Å². The summed E-state index contributed by atoms with van der Waals surface area (Å²) >= 11 is 1.79. The molecule has 0 atom stereocenters. The van der Waals surface area contributed by atoms with Crippen LogP contribution in [0.4, 0.5) is 0 Å². The molecule has 3 nitrogen and oxygen atoms in total. The van der Waals surface area contributed by atoms with E-state index in [0.29, 0.717) is 16.7 Å². The Kier molecular flexibility index (Phi) is 2.40. The molecule has 0 aliphatic heterocycles. The minimum absolute atomic E-state index is 0.369. The van der Waals surface area contributed by atoms with E-state index in [9.17, 15) is 0 Å². The molecule has 2 saturated carbocycles. The molecule has 0 saturated heterocycles. The van der Waals surface area contributed by atoms with Crippen LogP contribution in [0.2, 0.25) is 0 Å². The summed E-state index contributed by atoms with van der Waals surface area (Å²) < 4.78 is 0. The summed E-state index contributed by atoms with van der Waals surface area (Å²) in [6.45, 7) is 10.2. The molecule has 0 radical (unpaired) electrons. The van der Waals surface area contributed by atoms with E-state index in [1.807, 2.05) is 0 Å². The van der Waals surface area contributed by atoms with Gasteiger partial charge in [0, 0.05) is 18.5 Å². The Labute approximate surface area is 107 Å². The Morgan fingerprint density at radius 2 is 1.82 bits per heavy atom. The van der Waals surface area contributed by atoms with Gasteiger partial charge in [-0.1, -0.05) is 39.0 Å². The molecule has 2 aliphatic carbocycles. The van der Waals surface area contributed by atoms with Crippen molar-refractivity contribution < 1.29 is 0 Å². The van der Waals surface area contributed by atoms with Gasteiger partial charge in [-0.3, -0.25) is 0 Å². The van der Waals surface area contributed by atoms with Gasteiger partial charge in [-0.2, -0.15) is 0 Å². The average molecular weight is 251 g/mol. The molecule has 2 fully saturated rings. The molecule has 1 aromatic heterocycles. The molecule has 3 rings (SSSR count). The number of nitrogens with one attached hydrogen (secondary N) is 1. The minimum Gasteiger partial charge on any atom is -0.308 e. The molecule has 0 amide bonds. The fraction of sp³-hybridized carbons (Fsp3) is 0.846. The Morgan fingerprint density at radius 1 is 1.18 bits per heavy atom. The summed E-state index contributed by atoms with van der Waals surface area (Å²) in [7, 11) is 0. The quantitative estimate of drug-likeness (QED) is 0.894. The third kappa shape index (κ3) is 1.82. The van der Waals surface area contributed by atoms with Gasteiger partial charge >= 0.3 is 0 Å². The zero-order valence-electron chi connectivity index (χ0n) is 11.1. The molecule has 0 spiro atoms.